The van der Waals surface area contributed by atoms with Crippen molar-refractivity contribution in [2.75, 3.05) is 46.8 Å². The highest BCUT2D eigenvalue weighted by Gasteiger charge is 2.33. The van der Waals surface area contributed by atoms with Gasteiger partial charge in [-0.2, -0.15) is 4.39 Å². The van der Waals surface area contributed by atoms with Crippen molar-refractivity contribution in [1.82, 2.24) is 19.9 Å². The van der Waals surface area contributed by atoms with Gasteiger partial charge in [-0.25, -0.2) is 19.9 Å². The lowest BCUT2D eigenvalue weighted by Gasteiger charge is -2.25. The number of aliphatic carboxylic acids is 2. The van der Waals surface area contributed by atoms with Crippen LogP contribution in [0.15, 0.2) is 90.6 Å². The first-order valence-electron chi connectivity index (χ1n) is 27.5. The Labute approximate surface area is 467 Å². The quantitative estimate of drug-likeness (QED) is 0.0824. The summed E-state index contributed by atoms with van der Waals surface area (Å²) in [6.07, 6.45) is 17.7. The molecule has 0 bridgehead atoms. The van der Waals surface area contributed by atoms with Crippen molar-refractivity contribution in [2.45, 2.75) is 116 Å². The van der Waals surface area contributed by atoms with Gasteiger partial charge in [0.1, 0.15) is 17.3 Å². The first-order valence-corrected chi connectivity index (χ1v) is 29.2. The third-order valence-corrected chi connectivity index (χ3v) is 17.6. The molecule has 0 radical (unpaired) electrons. The van der Waals surface area contributed by atoms with Gasteiger partial charge in [0.15, 0.2) is 10.3 Å². The highest BCUT2D eigenvalue weighted by atomic mass is 32.1. The normalized spacial score (nSPS) is 16.8. The summed E-state index contributed by atoms with van der Waals surface area (Å²) in [6, 6.07) is 22.7. The second kappa shape index (κ2) is 26.1. The molecule has 19 heteroatoms. The van der Waals surface area contributed by atoms with Crippen LogP contribution in [0.25, 0.3) is 44.8 Å². The topological polar surface area (TPSA) is 207 Å². The summed E-state index contributed by atoms with van der Waals surface area (Å²) < 4.78 is 15.4. The predicted molar refractivity (Wildman–Crippen MR) is 305 cm³/mol. The van der Waals surface area contributed by atoms with E-state index in [0.29, 0.717) is 72.9 Å². The summed E-state index contributed by atoms with van der Waals surface area (Å²) in [6.45, 7) is 1.35. The molecule has 2 aliphatic carbocycles. The van der Waals surface area contributed by atoms with Gasteiger partial charge >= 0.3 is 11.9 Å². The van der Waals surface area contributed by atoms with Crippen molar-refractivity contribution in [3.05, 3.63) is 95.7 Å². The Morgan fingerprint density at radius 2 is 1.06 bits per heavy atom. The highest BCUT2D eigenvalue weighted by molar-refractivity contribution is 7.14. The number of benzene rings is 2. The minimum absolute atomic E-state index is 0.0662. The number of carbonyl (C=O) groups is 6. The van der Waals surface area contributed by atoms with Crippen LogP contribution >= 0.6 is 22.7 Å². The Morgan fingerprint density at radius 3 is 1.52 bits per heavy atom. The highest BCUT2D eigenvalue weighted by Crippen LogP contribution is 2.40. The van der Waals surface area contributed by atoms with Crippen LogP contribution in [-0.2, 0) is 28.8 Å². The molecule has 0 unspecified atom stereocenters. The average Bonchev–Trinajstić information content (AvgIpc) is 4.43. The van der Waals surface area contributed by atoms with Crippen LogP contribution in [0.5, 0.6) is 0 Å². The van der Waals surface area contributed by atoms with E-state index in [1.807, 2.05) is 60.0 Å². The molecule has 4 aromatic heterocycles. The Balaban J connectivity index is 0.000000192. The molecular formula is C60H67FN8O8S2. The van der Waals surface area contributed by atoms with Gasteiger partial charge in [0.2, 0.25) is 28.8 Å². The Kier molecular flexibility index (Phi) is 18.7. The molecule has 2 aromatic carbocycles. The molecule has 414 valence electrons. The third kappa shape index (κ3) is 13.8. The van der Waals surface area contributed by atoms with Gasteiger partial charge in [0.05, 0.1) is 18.5 Å². The molecular weight excluding hydrogens is 1040 g/mol. The molecule has 2 N–H and O–H groups in total. The van der Waals surface area contributed by atoms with E-state index >= 15 is 4.39 Å². The molecule has 2 saturated heterocycles. The fourth-order valence-electron chi connectivity index (χ4n) is 11.5. The molecule has 4 fully saturated rings. The molecule has 16 nitrogen and oxygen atoms in total. The second-order valence-electron chi connectivity index (χ2n) is 21.2. The largest absolute Gasteiger partial charge is 0.481 e. The summed E-state index contributed by atoms with van der Waals surface area (Å²) >= 11 is 2.14. The van der Waals surface area contributed by atoms with E-state index in [9.17, 15) is 39.0 Å². The lowest BCUT2D eigenvalue weighted by atomic mass is 9.90. The van der Waals surface area contributed by atoms with E-state index in [4.69, 9.17) is 4.98 Å². The van der Waals surface area contributed by atoms with Crippen LogP contribution in [0.4, 0.5) is 26.3 Å². The first-order chi connectivity index (χ1) is 38.2. The minimum Gasteiger partial charge on any atom is -0.481 e. The minimum atomic E-state index is -1.02. The standard InChI is InChI=1S/C30H33FN4O4S.C30H34N4O4S/c1-34(29(39)21(17-26(37)38)16-19-8-2-3-9-19)30-33-27(28(31)40-30)23-11-5-4-10-22(23)20-13-14-24(32-18-20)35-15-7-6-12-25(35)36;1-33(29(38)22(17-28(36)37)16-20-8-2-3-9-20)30-32-25(19-39-30)24-11-5-4-10-23(24)21-13-14-26(31-18-21)34-15-7-6-12-27(34)35/h4-5,10-11,13-14,18-19,21H,2-3,6-9,12,15-17H2,1H3,(H,37,38);4-5,10-11,13-14,18-20,22H,2-3,6-9,12,15-17H2,1H3,(H,36,37)/t21-;22-/m11/s1. The number of rotatable bonds is 18. The monoisotopic (exact) mass is 1110 g/mol. The molecule has 10 rings (SSSR count). The third-order valence-electron chi connectivity index (χ3n) is 15.7. The number of halogens is 1. The van der Waals surface area contributed by atoms with Gasteiger partial charge in [0.25, 0.3) is 0 Å². The van der Waals surface area contributed by atoms with Crippen molar-refractivity contribution in [2.24, 2.45) is 23.7 Å². The molecule has 6 aromatic rings. The summed E-state index contributed by atoms with van der Waals surface area (Å²) in [4.78, 5) is 99.1. The number of hydrogen-bond donors (Lipinski definition) is 2. The number of anilines is 4. The van der Waals surface area contributed by atoms with Crippen LogP contribution in [0, 0.1) is 28.8 Å². The van der Waals surface area contributed by atoms with Crippen molar-refractivity contribution in [3.8, 4) is 44.8 Å². The maximum atomic E-state index is 15.4. The van der Waals surface area contributed by atoms with E-state index < -0.39 is 28.9 Å². The number of piperidine rings is 2. The van der Waals surface area contributed by atoms with Crippen molar-refractivity contribution in [3.63, 3.8) is 0 Å². The van der Waals surface area contributed by atoms with E-state index in [1.165, 1.54) is 28.2 Å². The van der Waals surface area contributed by atoms with E-state index in [0.717, 1.165) is 122 Å². The van der Waals surface area contributed by atoms with Crippen molar-refractivity contribution < 1.29 is 43.4 Å². The number of carbonyl (C=O) groups excluding carboxylic acids is 4. The zero-order valence-corrected chi connectivity index (χ0v) is 46.4. The van der Waals surface area contributed by atoms with E-state index in [-0.39, 0.29) is 47.3 Å². The van der Waals surface area contributed by atoms with Gasteiger partial charge < -0.3 is 10.2 Å². The maximum absolute atomic E-state index is 15.4. The summed E-state index contributed by atoms with van der Waals surface area (Å²) in [5.41, 5.74) is 5.68. The fraction of sp³-hybridized carbons (Fsp3) is 0.433. The van der Waals surface area contributed by atoms with Gasteiger partial charge in [0, 0.05) is 91.9 Å². The number of amides is 4. The number of aromatic nitrogens is 4. The van der Waals surface area contributed by atoms with Crippen LogP contribution in [0.2, 0.25) is 0 Å². The number of pyridine rings is 2. The zero-order valence-electron chi connectivity index (χ0n) is 44.7. The van der Waals surface area contributed by atoms with E-state index in [1.54, 1.807) is 47.4 Å². The molecule has 2 atom stereocenters. The summed E-state index contributed by atoms with van der Waals surface area (Å²) in [5.74, 6) is -1.53. The molecule has 0 spiro atoms. The van der Waals surface area contributed by atoms with Crippen LogP contribution in [0.3, 0.4) is 0 Å². The van der Waals surface area contributed by atoms with Crippen LogP contribution < -0.4 is 19.6 Å². The number of carboxylic acid groups (broad SMARTS) is 2. The second-order valence-corrected chi connectivity index (χ2v) is 23.0. The lowest BCUT2D eigenvalue weighted by molar-refractivity contribution is -0.141. The number of hydrogen-bond acceptors (Lipinski definition) is 12. The van der Waals surface area contributed by atoms with Crippen LogP contribution in [-0.4, -0.2) is 92.9 Å². The first kappa shape index (κ1) is 56.5. The Bertz CT molecular complexity index is 3140. The molecule has 4 amide bonds. The lowest BCUT2D eigenvalue weighted by Crippen LogP contribution is -2.35. The Hall–Kier alpha value is -7.25. The van der Waals surface area contributed by atoms with Crippen molar-refractivity contribution in [1.29, 1.82) is 0 Å². The number of carboxylic acids is 2. The molecule has 6 heterocycles. The number of thiazole rings is 2. The summed E-state index contributed by atoms with van der Waals surface area (Å²) in [7, 11) is 3.22. The van der Waals surface area contributed by atoms with Gasteiger partial charge in [-0.05, 0) is 85.8 Å². The van der Waals surface area contributed by atoms with Gasteiger partial charge in [-0.15, -0.1) is 11.3 Å². The molecule has 79 heavy (non-hydrogen) atoms. The van der Waals surface area contributed by atoms with E-state index in [2.05, 4.69) is 15.0 Å². The summed E-state index contributed by atoms with van der Waals surface area (Å²) in [5, 5.41) is 21.0. The average molecular weight is 1110 g/mol. The molecule has 4 aliphatic rings. The maximum Gasteiger partial charge on any atom is 0.304 e. The van der Waals surface area contributed by atoms with Crippen molar-refractivity contribution >= 4 is 80.1 Å². The van der Waals surface area contributed by atoms with Gasteiger partial charge in [-0.1, -0.05) is 111 Å². The van der Waals surface area contributed by atoms with Crippen LogP contribution in [0.1, 0.15) is 116 Å². The predicted octanol–water partition coefficient (Wildman–Crippen LogP) is 12.2. The molecule has 2 aliphatic heterocycles. The zero-order chi connectivity index (χ0) is 55.6. The smallest absolute Gasteiger partial charge is 0.304 e. The molecule has 2 saturated carbocycles. The Morgan fingerprint density at radius 1 is 0.608 bits per heavy atom. The fourth-order valence-corrected chi connectivity index (χ4v) is 13.1. The SMILES string of the molecule is CN(C(=O)[C@@H](CC(=O)O)CC1CCCC1)c1nc(-c2ccccc2-c2ccc(N3CCCCC3=O)nc2)c(F)s1.CN(C(=O)[C@@H](CC(=O)O)CC1CCCC1)c1nc(-c2ccccc2-c2ccc(N3CCCCC3=O)nc2)cs1. The number of nitrogens with zero attached hydrogens (tertiary/aromatic N) is 8. The van der Waals surface area contributed by atoms with Gasteiger partial charge in [-0.3, -0.25) is 48.4 Å².